The van der Waals surface area contributed by atoms with Crippen LogP contribution in [0.5, 0.6) is 0 Å². The fraction of sp³-hybridized carbons (Fsp3) is 0.235. The number of hydrogen-bond donors (Lipinski definition) is 0. The van der Waals surface area contributed by atoms with Crippen LogP contribution in [0.25, 0.3) is 0 Å². The van der Waals surface area contributed by atoms with Gasteiger partial charge in [-0.05, 0) is 43.2 Å². The molecule has 1 heterocycles. The maximum Gasteiger partial charge on any atom is 0.343 e. The van der Waals surface area contributed by atoms with E-state index in [2.05, 4.69) is 19.9 Å². The topological polar surface area (TPSA) is 38.8 Å². The van der Waals surface area contributed by atoms with E-state index in [4.69, 9.17) is 9.47 Å². The van der Waals surface area contributed by atoms with Gasteiger partial charge in [-0.3, -0.25) is 4.90 Å². The normalized spacial score (nSPS) is 17.4. The molecule has 0 aromatic heterocycles. The van der Waals surface area contributed by atoms with Gasteiger partial charge in [0.15, 0.2) is 0 Å². The number of esters is 1. The zero-order valence-corrected chi connectivity index (χ0v) is 12.3. The molecular formula is C17H17NO3. The van der Waals surface area contributed by atoms with Crippen molar-refractivity contribution in [2.45, 2.75) is 20.3 Å². The van der Waals surface area contributed by atoms with Gasteiger partial charge in [-0.15, -0.1) is 0 Å². The van der Waals surface area contributed by atoms with Crippen molar-refractivity contribution in [3.63, 3.8) is 0 Å². The van der Waals surface area contributed by atoms with Crippen molar-refractivity contribution < 1.29 is 14.3 Å². The summed E-state index contributed by atoms with van der Waals surface area (Å²) >= 11 is 0. The molecule has 4 heteroatoms. The van der Waals surface area contributed by atoms with Crippen molar-refractivity contribution in [1.29, 1.82) is 0 Å². The number of hydrogen-bond acceptors (Lipinski definition) is 4. The van der Waals surface area contributed by atoms with Gasteiger partial charge >= 0.3 is 5.97 Å². The molecule has 0 saturated heterocycles. The molecule has 2 aromatic rings. The Morgan fingerprint density at radius 2 is 1.76 bits per heavy atom. The van der Waals surface area contributed by atoms with Gasteiger partial charge in [-0.2, -0.15) is 0 Å². The van der Waals surface area contributed by atoms with Gasteiger partial charge in [0.1, 0.15) is 0 Å². The second-order valence-electron chi connectivity index (χ2n) is 5.05. The molecule has 0 bridgehead atoms. The first-order valence-corrected chi connectivity index (χ1v) is 6.81. The highest BCUT2D eigenvalue weighted by Gasteiger charge is 2.34. The van der Waals surface area contributed by atoms with Crippen LogP contribution >= 0.6 is 0 Å². The van der Waals surface area contributed by atoms with Gasteiger partial charge in [-0.1, -0.05) is 24.3 Å². The molecule has 2 aromatic carbocycles. The number of ether oxygens (including phenoxy) is 2. The summed E-state index contributed by atoms with van der Waals surface area (Å²) in [4.78, 5) is 14.0. The molecule has 1 unspecified atom stereocenters. The molecule has 0 saturated carbocycles. The summed E-state index contributed by atoms with van der Waals surface area (Å²) < 4.78 is 10.8. The van der Waals surface area contributed by atoms with E-state index in [-0.39, 0.29) is 5.97 Å². The number of nitrogens with zero attached hydrogens (tertiary/aromatic N) is 1. The first-order chi connectivity index (χ1) is 10.1. The number of rotatable bonds is 2. The zero-order valence-electron chi connectivity index (χ0n) is 12.3. The number of carbonyl (C=O) groups excluding carboxylic acids is 1. The SMILES string of the molecule is COC1OC(=O)c2ccccc2N1c1cccc(C)c1C. The Balaban J connectivity index is 2.21. The highest BCUT2D eigenvalue weighted by atomic mass is 16.7. The average molecular weight is 283 g/mol. The molecule has 108 valence electrons. The van der Waals surface area contributed by atoms with Crippen LogP contribution in [0, 0.1) is 13.8 Å². The molecule has 21 heavy (non-hydrogen) atoms. The maximum absolute atomic E-state index is 12.1. The van der Waals surface area contributed by atoms with Gasteiger partial charge in [0.2, 0.25) is 0 Å². The van der Waals surface area contributed by atoms with Crippen molar-refractivity contribution in [3.8, 4) is 0 Å². The summed E-state index contributed by atoms with van der Waals surface area (Å²) in [6.45, 7) is 4.11. The van der Waals surface area contributed by atoms with Crippen LogP contribution in [0.1, 0.15) is 21.5 Å². The van der Waals surface area contributed by atoms with Crippen molar-refractivity contribution >= 4 is 17.3 Å². The number of carbonyl (C=O) groups is 1. The number of cyclic esters (lactones) is 1. The molecular weight excluding hydrogens is 266 g/mol. The molecule has 0 radical (unpaired) electrons. The number of fused-ring (bicyclic) bond motifs is 1. The van der Waals surface area contributed by atoms with E-state index in [0.717, 1.165) is 16.9 Å². The molecule has 4 nitrogen and oxygen atoms in total. The van der Waals surface area contributed by atoms with E-state index in [1.807, 2.05) is 35.2 Å². The first-order valence-electron chi connectivity index (χ1n) is 6.81. The van der Waals surface area contributed by atoms with Gasteiger partial charge < -0.3 is 9.47 Å². The van der Waals surface area contributed by atoms with Gasteiger partial charge in [-0.25, -0.2) is 4.79 Å². The van der Waals surface area contributed by atoms with Crippen molar-refractivity contribution in [3.05, 3.63) is 59.2 Å². The summed E-state index contributed by atoms with van der Waals surface area (Å²) in [6, 6.07) is 13.5. The van der Waals surface area contributed by atoms with E-state index in [9.17, 15) is 4.79 Å². The van der Waals surface area contributed by atoms with E-state index >= 15 is 0 Å². The highest BCUT2D eigenvalue weighted by Crippen LogP contribution is 2.37. The van der Waals surface area contributed by atoms with Gasteiger partial charge in [0, 0.05) is 7.11 Å². The lowest BCUT2D eigenvalue weighted by atomic mass is 10.0. The lowest BCUT2D eigenvalue weighted by Gasteiger charge is -2.37. The fourth-order valence-corrected chi connectivity index (χ4v) is 2.57. The van der Waals surface area contributed by atoms with E-state index < -0.39 is 6.41 Å². The molecule has 3 rings (SSSR count). The van der Waals surface area contributed by atoms with Crippen LogP contribution in [0.3, 0.4) is 0 Å². The Labute approximate surface area is 123 Å². The standard InChI is InChI=1S/C17H17NO3/c1-11-7-6-10-14(12(11)2)18-15-9-5-4-8-13(15)16(19)21-17(18)20-3/h4-10,17H,1-3H3. The van der Waals surface area contributed by atoms with Crippen LogP contribution in [-0.2, 0) is 9.47 Å². The number of anilines is 2. The van der Waals surface area contributed by atoms with E-state index in [1.165, 1.54) is 12.7 Å². The molecule has 0 N–H and O–H groups in total. The minimum Gasteiger partial charge on any atom is -0.412 e. The van der Waals surface area contributed by atoms with Crippen LogP contribution in [0.15, 0.2) is 42.5 Å². The Bertz CT molecular complexity index is 696. The van der Waals surface area contributed by atoms with Crippen molar-refractivity contribution in [2.75, 3.05) is 12.0 Å². The molecule has 1 atom stereocenters. The average Bonchev–Trinajstić information content (AvgIpc) is 2.50. The third-order valence-corrected chi connectivity index (χ3v) is 3.84. The second kappa shape index (κ2) is 5.22. The summed E-state index contributed by atoms with van der Waals surface area (Å²) in [5.41, 5.74) is 4.63. The molecule has 1 aliphatic rings. The van der Waals surface area contributed by atoms with Crippen LogP contribution < -0.4 is 4.90 Å². The van der Waals surface area contributed by atoms with E-state index in [1.54, 1.807) is 6.07 Å². The third kappa shape index (κ3) is 2.17. The summed E-state index contributed by atoms with van der Waals surface area (Å²) in [7, 11) is 1.53. The number of methoxy groups -OCH3 is 1. The Morgan fingerprint density at radius 1 is 1.05 bits per heavy atom. The van der Waals surface area contributed by atoms with Crippen molar-refractivity contribution in [1.82, 2.24) is 0 Å². The van der Waals surface area contributed by atoms with Crippen LogP contribution in [0.2, 0.25) is 0 Å². The lowest BCUT2D eigenvalue weighted by Crippen LogP contribution is -2.42. The van der Waals surface area contributed by atoms with Gasteiger partial charge in [0.05, 0.1) is 16.9 Å². The quantitative estimate of drug-likeness (QED) is 0.790. The Morgan fingerprint density at radius 3 is 2.52 bits per heavy atom. The zero-order chi connectivity index (χ0) is 15.0. The third-order valence-electron chi connectivity index (χ3n) is 3.84. The smallest absolute Gasteiger partial charge is 0.343 e. The van der Waals surface area contributed by atoms with Gasteiger partial charge in [0.25, 0.3) is 6.41 Å². The fourth-order valence-electron chi connectivity index (χ4n) is 2.57. The highest BCUT2D eigenvalue weighted by molar-refractivity contribution is 5.99. The van der Waals surface area contributed by atoms with E-state index in [0.29, 0.717) is 5.56 Å². The van der Waals surface area contributed by atoms with Crippen LogP contribution in [0.4, 0.5) is 11.4 Å². The predicted molar refractivity (Wildman–Crippen MR) is 80.7 cm³/mol. The molecule has 0 amide bonds. The minimum absolute atomic E-state index is 0.362. The number of aryl methyl sites for hydroxylation is 1. The molecule has 0 fully saturated rings. The Kier molecular flexibility index (Phi) is 3.39. The number of para-hydroxylation sites is 1. The molecule has 0 aliphatic carbocycles. The Hall–Kier alpha value is -2.33. The molecule has 1 aliphatic heterocycles. The number of benzene rings is 2. The summed E-state index contributed by atoms with van der Waals surface area (Å²) in [5.74, 6) is -0.362. The predicted octanol–water partition coefficient (Wildman–Crippen LogP) is 3.54. The largest absolute Gasteiger partial charge is 0.412 e. The lowest BCUT2D eigenvalue weighted by molar-refractivity contribution is -0.0881. The summed E-state index contributed by atoms with van der Waals surface area (Å²) in [6.07, 6.45) is -0.757. The maximum atomic E-state index is 12.1. The minimum atomic E-state index is -0.757. The summed E-state index contributed by atoms with van der Waals surface area (Å²) in [5, 5.41) is 0. The van der Waals surface area contributed by atoms with Crippen LogP contribution in [-0.4, -0.2) is 19.5 Å². The first kappa shape index (κ1) is 13.6. The second-order valence-corrected chi connectivity index (χ2v) is 5.05. The van der Waals surface area contributed by atoms with Crippen molar-refractivity contribution in [2.24, 2.45) is 0 Å². The monoisotopic (exact) mass is 283 g/mol. The molecule has 0 spiro atoms.